The van der Waals surface area contributed by atoms with E-state index in [0.717, 1.165) is 11.7 Å². The molecule has 0 saturated carbocycles. The van der Waals surface area contributed by atoms with Gasteiger partial charge in [-0.3, -0.25) is 4.79 Å². The lowest BCUT2D eigenvalue weighted by molar-refractivity contribution is 0.112. The fourth-order valence-corrected chi connectivity index (χ4v) is 1.57. The number of halogens is 2. The van der Waals surface area contributed by atoms with Gasteiger partial charge in [0.15, 0.2) is 6.29 Å². The summed E-state index contributed by atoms with van der Waals surface area (Å²) in [6.07, 6.45) is 2.38. The van der Waals surface area contributed by atoms with Gasteiger partial charge in [-0.05, 0) is 22.0 Å². The van der Waals surface area contributed by atoms with E-state index in [1.54, 1.807) is 12.3 Å². The molecule has 0 amide bonds. The first-order valence-corrected chi connectivity index (χ1v) is 4.68. The number of hydrogen-bond acceptors (Lipinski definition) is 2. The van der Waals surface area contributed by atoms with Crippen molar-refractivity contribution in [3.05, 3.63) is 27.5 Å². The Bertz CT molecular complexity index is 480. The van der Waals surface area contributed by atoms with Crippen LogP contribution in [0.1, 0.15) is 10.4 Å². The van der Waals surface area contributed by atoms with Gasteiger partial charge in [0.1, 0.15) is 10.8 Å². The van der Waals surface area contributed by atoms with Crippen LogP contribution in [-0.4, -0.2) is 16.3 Å². The van der Waals surface area contributed by atoms with Crippen molar-refractivity contribution in [2.75, 3.05) is 0 Å². The molecule has 0 aliphatic heterocycles. The summed E-state index contributed by atoms with van der Waals surface area (Å²) < 4.78 is 0.685. The van der Waals surface area contributed by atoms with E-state index in [0.29, 0.717) is 20.8 Å². The number of fused-ring (bicyclic) bond motifs is 1. The number of rotatable bonds is 1. The minimum atomic E-state index is 0.381. The second-order valence-corrected chi connectivity index (χ2v) is 3.73. The fraction of sp³-hybridized carbons (Fsp3) is 0. The molecule has 0 radical (unpaired) electrons. The first-order chi connectivity index (χ1) is 6.22. The molecule has 2 rings (SSSR count). The third-order valence-corrected chi connectivity index (χ3v) is 2.86. The smallest absolute Gasteiger partial charge is 0.152 e. The lowest BCUT2D eigenvalue weighted by Gasteiger charge is -1.94. The van der Waals surface area contributed by atoms with E-state index in [1.165, 1.54) is 0 Å². The van der Waals surface area contributed by atoms with E-state index in [-0.39, 0.29) is 0 Å². The quantitative estimate of drug-likeness (QED) is 0.632. The lowest BCUT2D eigenvalue weighted by atomic mass is 10.2. The van der Waals surface area contributed by atoms with Crippen LogP contribution in [-0.2, 0) is 0 Å². The summed E-state index contributed by atoms with van der Waals surface area (Å²) in [5, 5.41) is 1.15. The van der Waals surface area contributed by atoms with E-state index >= 15 is 0 Å². The minimum absolute atomic E-state index is 0.381. The number of pyridine rings is 1. The fourth-order valence-electron chi connectivity index (χ4n) is 1.12. The van der Waals surface area contributed by atoms with Gasteiger partial charge in [0.05, 0.1) is 4.47 Å². The number of aromatic nitrogens is 2. The van der Waals surface area contributed by atoms with Crippen molar-refractivity contribution in [3.63, 3.8) is 0 Å². The molecule has 5 heteroatoms. The molecule has 0 unspecified atom stereocenters. The number of aromatic amines is 1. The van der Waals surface area contributed by atoms with Crippen molar-refractivity contribution < 1.29 is 4.79 Å². The molecule has 0 aromatic carbocycles. The second-order valence-electron chi connectivity index (χ2n) is 2.52. The number of H-pyrrole nitrogens is 1. The van der Waals surface area contributed by atoms with Crippen LogP contribution in [0, 0.1) is 0 Å². The molecule has 0 fully saturated rings. The minimum Gasteiger partial charge on any atom is -0.345 e. The van der Waals surface area contributed by atoms with Crippen molar-refractivity contribution in [1.82, 2.24) is 9.97 Å². The summed E-state index contributed by atoms with van der Waals surface area (Å²) in [5.74, 6) is 0. The summed E-state index contributed by atoms with van der Waals surface area (Å²) in [7, 11) is 0. The van der Waals surface area contributed by atoms with Gasteiger partial charge in [-0.15, -0.1) is 0 Å². The van der Waals surface area contributed by atoms with Crippen molar-refractivity contribution in [3.8, 4) is 0 Å². The Kier molecular flexibility index (Phi) is 2.09. The Hall–Kier alpha value is -0.870. The van der Waals surface area contributed by atoms with Gasteiger partial charge in [0.2, 0.25) is 0 Å². The van der Waals surface area contributed by atoms with Crippen LogP contribution < -0.4 is 0 Å². The van der Waals surface area contributed by atoms with Gasteiger partial charge >= 0.3 is 0 Å². The van der Waals surface area contributed by atoms with Crippen molar-refractivity contribution >= 4 is 44.9 Å². The highest BCUT2D eigenvalue weighted by Gasteiger charge is 2.07. The van der Waals surface area contributed by atoms with Crippen LogP contribution >= 0.6 is 27.5 Å². The largest absolute Gasteiger partial charge is 0.345 e. The van der Waals surface area contributed by atoms with Crippen LogP contribution in [0.15, 0.2) is 16.7 Å². The van der Waals surface area contributed by atoms with E-state index in [4.69, 9.17) is 11.6 Å². The Morgan fingerprint density at radius 1 is 1.62 bits per heavy atom. The normalized spacial score (nSPS) is 10.6. The van der Waals surface area contributed by atoms with E-state index in [9.17, 15) is 4.79 Å². The summed E-state index contributed by atoms with van der Waals surface area (Å²) in [5.41, 5.74) is 1.20. The highest BCUT2D eigenvalue weighted by Crippen LogP contribution is 2.25. The average Bonchev–Trinajstić information content (AvgIpc) is 2.48. The second kappa shape index (κ2) is 3.12. The third kappa shape index (κ3) is 1.36. The Morgan fingerprint density at radius 2 is 2.38 bits per heavy atom. The van der Waals surface area contributed by atoms with Gasteiger partial charge in [0.25, 0.3) is 0 Å². The molecule has 0 saturated heterocycles. The molecule has 0 aliphatic carbocycles. The number of carbonyl (C=O) groups is 1. The first kappa shape index (κ1) is 8.72. The zero-order valence-electron chi connectivity index (χ0n) is 6.34. The monoisotopic (exact) mass is 258 g/mol. The number of carbonyl (C=O) groups excluding carboxylic acids is 1. The molecule has 2 aromatic rings. The zero-order chi connectivity index (χ0) is 9.42. The molecule has 1 N–H and O–H groups in total. The lowest BCUT2D eigenvalue weighted by Crippen LogP contribution is -1.81. The maximum absolute atomic E-state index is 10.6. The van der Waals surface area contributed by atoms with E-state index in [1.807, 2.05) is 0 Å². The predicted molar refractivity (Wildman–Crippen MR) is 54.2 cm³/mol. The molecule has 3 nitrogen and oxygen atoms in total. The first-order valence-electron chi connectivity index (χ1n) is 3.50. The standard InChI is InChI=1S/C8H4BrClN2O/c9-6-1-5-4(3-13)2-11-8(5)12-7(6)10/h1-3H,(H,11,12). The van der Waals surface area contributed by atoms with Gasteiger partial charge in [-0.1, -0.05) is 11.6 Å². The number of hydrogen-bond donors (Lipinski definition) is 1. The summed E-state index contributed by atoms with van der Waals surface area (Å²) >= 11 is 9.01. The molecular formula is C8H4BrClN2O. The van der Waals surface area contributed by atoms with Crippen LogP contribution in [0.2, 0.25) is 5.15 Å². The topological polar surface area (TPSA) is 45.8 Å². The van der Waals surface area contributed by atoms with Crippen molar-refractivity contribution in [2.45, 2.75) is 0 Å². The van der Waals surface area contributed by atoms with Gasteiger partial charge < -0.3 is 4.98 Å². The van der Waals surface area contributed by atoms with Crippen molar-refractivity contribution in [2.24, 2.45) is 0 Å². The van der Waals surface area contributed by atoms with Gasteiger partial charge in [0, 0.05) is 17.1 Å². The van der Waals surface area contributed by atoms with Crippen LogP contribution in [0.25, 0.3) is 11.0 Å². The Balaban J connectivity index is 2.84. The number of aldehydes is 1. The third-order valence-electron chi connectivity index (χ3n) is 1.74. The molecule has 0 atom stereocenters. The van der Waals surface area contributed by atoms with Crippen LogP contribution in [0.4, 0.5) is 0 Å². The molecule has 2 heterocycles. The SMILES string of the molecule is O=Cc1c[nH]c2nc(Cl)c(Br)cc12. The Morgan fingerprint density at radius 3 is 3.08 bits per heavy atom. The molecule has 66 valence electrons. The Labute approximate surface area is 87.2 Å². The zero-order valence-corrected chi connectivity index (χ0v) is 8.69. The summed E-state index contributed by atoms with van der Waals surface area (Å²) in [6, 6.07) is 1.77. The van der Waals surface area contributed by atoms with E-state index in [2.05, 4.69) is 25.9 Å². The van der Waals surface area contributed by atoms with Gasteiger partial charge in [-0.25, -0.2) is 4.98 Å². The highest BCUT2D eigenvalue weighted by molar-refractivity contribution is 9.10. The van der Waals surface area contributed by atoms with Gasteiger partial charge in [-0.2, -0.15) is 0 Å². The van der Waals surface area contributed by atoms with Crippen molar-refractivity contribution in [1.29, 1.82) is 0 Å². The van der Waals surface area contributed by atoms with Crippen LogP contribution in [0.5, 0.6) is 0 Å². The molecule has 0 bridgehead atoms. The highest BCUT2D eigenvalue weighted by atomic mass is 79.9. The number of nitrogens with zero attached hydrogens (tertiary/aromatic N) is 1. The summed E-state index contributed by atoms with van der Waals surface area (Å²) in [6.45, 7) is 0. The maximum atomic E-state index is 10.6. The molecule has 2 aromatic heterocycles. The summed E-state index contributed by atoms with van der Waals surface area (Å²) in [4.78, 5) is 17.5. The molecule has 0 aliphatic rings. The predicted octanol–water partition coefficient (Wildman–Crippen LogP) is 2.79. The molecular weight excluding hydrogens is 255 g/mol. The molecule has 13 heavy (non-hydrogen) atoms. The molecule has 0 spiro atoms. The average molecular weight is 259 g/mol. The maximum Gasteiger partial charge on any atom is 0.152 e. The number of nitrogens with one attached hydrogen (secondary N) is 1. The van der Waals surface area contributed by atoms with Crippen LogP contribution in [0.3, 0.4) is 0 Å². The van der Waals surface area contributed by atoms with E-state index < -0.39 is 0 Å².